The van der Waals surface area contributed by atoms with Crippen molar-refractivity contribution in [2.24, 2.45) is 10.9 Å². The zero-order valence-electron chi connectivity index (χ0n) is 15.5. The second kappa shape index (κ2) is 7.26. The van der Waals surface area contributed by atoms with Gasteiger partial charge >= 0.3 is 0 Å². The average molecular weight is 382 g/mol. The lowest BCUT2D eigenvalue weighted by molar-refractivity contribution is -0.129. The summed E-state index contributed by atoms with van der Waals surface area (Å²) in [5.74, 6) is -1.44. The van der Waals surface area contributed by atoms with E-state index in [0.29, 0.717) is 37.1 Å². The quantitative estimate of drug-likeness (QED) is 0.805. The Morgan fingerprint density at radius 1 is 1.18 bits per heavy atom. The number of aliphatic imine (C=N–C) groups is 1. The van der Waals surface area contributed by atoms with E-state index in [9.17, 15) is 18.4 Å². The molecule has 2 aromatic rings. The van der Waals surface area contributed by atoms with Crippen LogP contribution in [0.15, 0.2) is 41.4 Å². The molecule has 144 valence electrons. The number of halogens is 2. The molecule has 4 nitrogen and oxygen atoms in total. The van der Waals surface area contributed by atoms with Crippen LogP contribution in [0.4, 0.5) is 8.78 Å². The summed E-state index contributed by atoms with van der Waals surface area (Å²) in [6.45, 7) is 3.14. The summed E-state index contributed by atoms with van der Waals surface area (Å²) in [6.07, 6.45) is 1.84. The summed E-state index contributed by atoms with van der Waals surface area (Å²) in [4.78, 5) is 30.6. The Kier molecular flexibility index (Phi) is 4.79. The molecule has 0 aromatic heterocycles. The van der Waals surface area contributed by atoms with Crippen LogP contribution in [0.2, 0.25) is 0 Å². The molecule has 2 aliphatic heterocycles. The number of amides is 2. The molecule has 0 radical (unpaired) electrons. The van der Waals surface area contributed by atoms with Crippen LogP contribution in [-0.4, -0.2) is 35.5 Å². The molecule has 6 heteroatoms. The van der Waals surface area contributed by atoms with Gasteiger partial charge in [-0.3, -0.25) is 9.59 Å². The third-order valence-corrected chi connectivity index (χ3v) is 5.51. The monoisotopic (exact) mass is 382 g/mol. The van der Waals surface area contributed by atoms with Crippen LogP contribution in [0.3, 0.4) is 0 Å². The van der Waals surface area contributed by atoms with Crippen molar-refractivity contribution in [3.05, 3.63) is 59.2 Å². The van der Waals surface area contributed by atoms with Crippen molar-refractivity contribution in [3.8, 4) is 11.1 Å². The highest BCUT2D eigenvalue weighted by molar-refractivity contribution is 6.10. The van der Waals surface area contributed by atoms with Crippen LogP contribution >= 0.6 is 0 Å². The lowest BCUT2D eigenvalue weighted by Crippen LogP contribution is -2.30. The van der Waals surface area contributed by atoms with Crippen LogP contribution < -0.4 is 0 Å². The zero-order chi connectivity index (χ0) is 19.8. The first-order valence-electron chi connectivity index (χ1n) is 9.44. The third kappa shape index (κ3) is 3.35. The van der Waals surface area contributed by atoms with Crippen molar-refractivity contribution in [1.82, 2.24) is 4.90 Å². The number of hydrogen-bond acceptors (Lipinski definition) is 2. The van der Waals surface area contributed by atoms with Crippen LogP contribution in [0, 0.1) is 17.6 Å². The Bertz CT molecular complexity index is 1000. The summed E-state index contributed by atoms with van der Waals surface area (Å²) in [6, 6.07) is 8.56. The molecular formula is C22H20F2N2O2. The van der Waals surface area contributed by atoms with Crippen molar-refractivity contribution in [2.75, 3.05) is 13.1 Å². The van der Waals surface area contributed by atoms with E-state index in [1.54, 1.807) is 12.1 Å². The molecule has 1 saturated heterocycles. The van der Waals surface area contributed by atoms with Gasteiger partial charge in [-0.25, -0.2) is 13.8 Å². The standard InChI is InChI=1S/C22H20F2N2O2/c1-2-21(27)26-8-7-15(12-26)20-10-14-4-3-13(9-18(14)22(28)25-20)17-6-5-16(23)11-19(17)24/h3-6,9,11,15H,2,7-8,10,12H2,1H3/t15-/m1/s1. The molecule has 0 N–H and O–H groups in total. The number of hydrogen-bond donors (Lipinski definition) is 0. The summed E-state index contributed by atoms with van der Waals surface area (Å²) in [5.41, 5.74) is 2.87. The highest BCUT2D eigenvalue weighted by atomic mass is 19.1. The first-order valence-corrected chi connectivity index (χ1v) is 9.44. The van der Waals surface area contributed by atoms with E-state index in [-0.39, 0.29) is 23.3 Å². The molecule has 0 bridgehead atoms. The minimum Gasteiger partial charge on any atom is -0.342 e. The molecule has 2 heterocycles. The van der Waals surface area contributed by atoms with Gasteiger partial charge in [-0.15, -0.1) is 0 Å². The molecule has 0 aliphatic carbocycles. The topological polar surface area (TPSA) is 49.7 Å². The van der Waals surface area contributed by atoms with Gasteiger partial charge in [0.05, 0.1) is 0 Å². The van der Waals surface area contributed by atoms with Gasteiger partial charge in [0.1, 0.15) is 11.6 Å². The van der Waals surface area contributed by atoms with Crippen LogP contribution in [0.25, 0.3) is 11.1 Å². The van der Waals surface area contributed by atoms with Crippen molar-refractivity contribution in [2.45, 2.75) is 26.2 Å². The molecule has 28 heavy (non-hydrogen) atoms. The number of carbonyl (C=O) groups is 2. The van der Waals surface area contributed by atoms with E-state index < -0.39 is 11.6 Å². The minimum atomic E-state index is -0.668. The predicted octanol–water partition coefficient (Wildman–Crippen LogP) is 4.03. The normalized spacial score (nSPS) is 18.8. The predicted molar refractivity (Wildman–Crippen MR) is 102 cm³/mol. The van der Waals surface area contributed by atoms with Gasteiger partial charge in [-0.05, 0) is 35.7 Å². The molecular weight excluding hydrogens is 362 g/mol. The molecule has 0 saturated carbocycles. The second-order valence-corrected chi connectivity index (χ2v) is 7.26. The molecule has 4 rings (SSSR count). The number of likely N-dealkylation sites (tertiary alicyclic amines) is 1. The molecule has 2 aromatic carbocycles. The number of nitrogens with zero attached hydrogens (tertiary/aromatic N) is 2. The van der Waals surface area contributed by atoms with Gasteiger partial charge in [0.15, 0.2) is 0 Å². The van der Waals surface area contributed by atoms with E-state index in [1.165, 1.54) is 12.1 Å². The van der Waals surface area contributed by atoms with Gasteiger partial charge in [-0.2, -0.15) is 0 Å². The first-order chi connectivity index (χ1) is 13.5. The minimum absolute atomic E-state index is 0.0989. The van der Waals surface area contributed by atoms with Gasteiger partial charge in [0.25, 0.3) is 5.91 Å². The van der Waals surface area contributed by atoms with Crippen molar-refractivity contribution in [1.29, 1.82) is 0 Å². The van der Waals surface area contributed by atoms with Crippen LogP contribution in [0.5, 0.6) is 0 Å². The number of rotatable bonds is 3. The van der Waals surface area contributed by atoms with Gasteiger partial charge in [0, 0.05) is 54.8 Å². The van der Waals surface area contributed by atoms with E-state index in [0.717, 1.165) is 23.8 Å². The highest BCUT2D eigenvalue weighted by Crippen LogP contribution is 2.30. The maximum atomic E-state index is 14.1. The fraction of sp³-hybridized carbons (Fsp3) is 0.318. The summed E-state index contributed by atoms with van der Waals surface area (Å²) in [5, 5.41) is 0. The molecule has 1 fully saturated rings. The maximum Gasteiger partial charge on any atom is 0.277 e. The van der Waals surface area contributed by atoms with Gasteiger partial charge in [0.2, 0.25) is 5.91 Å². The van der Waals surface area contributed by atoms with Crippen molar-refractivity contribution >= 4 is 17.5 Å². The highest BCUT2D eigenvalue weighted by Gasteiger charge is 2.32. The molecule has 2 aliphatic rings. The SMILES string of the molecule is CCC(=O)N1CC[C@@H](C2=NC(=O)c3cc(-c4ccc(F)cc4F)ccc3C2)C1. The average Bonchev–Trinajstić information content (AvgIpc) is 3.17. The van der Waals surface area contributed by atoms with E-state index in [1.807, 2.05) is 17.9 Å². The van der Waals surface area contributed by atoms with E-state index in [4.69, 9.17) is 0 Å². The Morgan fingerprint density at radius 2 is 2.00 bits per heavy atom. The number of fused-ring (bicyclic) bond motifs is 1. The zero-order valence-corrected chi connectivity index (χ0v) is 15.5. The molecule has 0 spiro atoms. The smallest absolute Gasteiger partial charge is 0.277 e. The Morgan fingerprint density at radius 3 is 2.75 bits per heavy atom. The van der Waals surface area contributed by atoms with Gasteiger partial charge < -0.3 is 4.90 Å². The van der Waals surface area contributed by atoms with E-state index in [2.05, 4.69) is 4.99 Å². The third-order valence-electron chi connectivity index (χ3n) is 5.51. The van der Waals surface area contributed by atoms with Gasteiger partial charge in [-0.1, -0.05) is 19.1 Å². The Balaban J connectivity index is 1.58. The maximum absolute atomic E-state index is 14.1. The molecule has 1 atom stereocenters. The van der Waals surface area contributed by atoms with Crippen molar-refractivity contribution in [3.63, 3.8) is 0 Å². The first kappa shape index (κ1) is 18.5. The summed E-state index contributed by atoms with van der Waals surface area (Å²) >= 11 is 0. The lowest BCUT2D eigenvalue weighted by atomic mass is 9.89. The summed E-state index contributed by atoms with van der Waals surface area (Å²) < 4.78 is 27.2. The van der Waals surface area contributed by atoms with Crippen molar-refractivity contribution < 1.29 is 18.4 Å². The lowest BCUT2D eigenvalue weighted by Gasteiger charge is -2.21. The summed E-state index contributed by atoms with van der Waals surface area (Å²) in [7, 11) is 0. The van der Waals surface area contributed by atoms with Crippen LogP contribution in [0.1, 0.15) is 35.7 Å². The number of carbonyl (C=O) groups excluding carboxylic acids is 2. The second-order valence-electron chi connectivity index (χ2n) is 7.26. The Labute approximate surface area is 161 Å². The number of benzene rings is 2. The van der Waals surface area contributed by atoms with E-state index >= 15 is 0 Å². The largest absolute Gasteiger partial charge is 0.342 e. The Hall–Kier alpha value is -2.89. The molecule has 0 unspecified atom stereocenters. The van der Waals surface area contributed by atoms with Crippen LogP contribution in [-0.2, 0) is 11.2 Å². The fourth-order valence-corrected chi connectivity index (χ4v) is 3.96. The molecule has 2 amide bonds. The fourth-order valence-electron chi connectivity index (χ4n) is 3.96.